The van der Waals surface area contributed by atoms with E-state index in [1.165, 1.54) is 6.07 Å². The molecule has 3 aliphatic heterocycles. The predicted octanol–water partition coefficient (Wildman–Crippen LogP) is 3.83. The van der Waals surface area contributed by atoms with Crippen LogP contribution in [-0.2, 0) is 4.79 Å². The summed E-state index contributed by atoms with van der Waals surface area (Å²) in [4.78, 5) is 24.3. The molecule has 33 heavy (non-hydrogen) atoms. The summed E-state index contributed by atoms with van der Waals surface area (Å²) < 4.78 is 19.4. The maximum Gasteiger partial charge on any atom is 0.209 e. The van der Waals surface area contributed by atoms with Crippen LogP contribution in [0.1, 0.15) is 18.0 Å². The second-order valence-electron chi connectivity index (χ2n) is 8.77. The number of aromatic nitrogens is 1. The fraction of sp³-hybridized carbons (Fsp3) is 0.269. The fourth-order valence-corrected chi connectivity index (χ4v) is 4.96. The van der Waals surface area contributed by atoms with Crippen LogP contribution in [0.2, 0.25) is 0 Å². The van der Waals surface area contributed by atoms with Gasteiger partial charge < -0.3 is 15.0 Å². The lowest BCUT2D eigenvalue weighted by molar-refractivity contribution is -0.109. The van der Waals surface area contributed by atoms with E-state index in [1.807, 2.05) is 30.3 Å². The summed E-state index contributed by atoms with van der Waals surface area (Å²) >= 11 is 0. The van der Waals surface area contributed by atoms with E-state index < -0.39 is 0 Å². The Morgan fingerprint density at radius 1 is 1.18 bits per heavy atom. The normalized spacial score (nSPS) is 21.5. The molecule has 0 saturated carbocycles. The third-order valence-electron chi connectivity index (χ3n) is 6.65. The molecule has 0 bridgehead atoms. The number of halogens is 1. The van der Waals surface area contributed by atoms with Crippen molar-refractivity contribution < 1.29 is 13.9 Å². The van der Waals surface area contributed by atoms with Gasteiger partial charge in [-0.1, -0.05) is 24.3 Å². The molecule has 1 N–H and O–H groups in total. The number of hydrogen-bond donors (Lipinski definition) is 1. The van der Waals surface area contributed by atoms with Gasteiger partial charge in [-0.15, -0.1) is 0 Å². The second-order valence-corrected chi connectivity index (χ2v) is 8.77. The summed E-state index contributed by atoms with van der Waals surface area (Å²) in [6.07, 6.45) is 4.33. The molecule has 0 aliphatic carbocycles. The molecule has 1 aromatic heterocycles. The maximum absolute atomic E-state index is 13.8. The zero-order valence-corrected chi connectivity index (χ0v) is 18.0. The highest BCUT2D eigenvalue weighted by atomic mass is 19.1. The number of pyridine rings is 1. The zero-order valence-electron chi connectivity index (χ0n) is 18.0. The Morgan fingerprint density at radius 2 is 2.09 bits per heavy atom. The van der Waals surface area contributed by atoms with E-state index in [9.17, 15) is 9.18 Å². The van der Waals surface area contributed by atoms with Crippen molar-refractivity contribution in [3.8, 4) is 5.75 Å². The molecule has 4 heterocycles. The van der Waals surface area contributed by atoms with E-state index in [0.29, 0.717) is 23.7 Å². The van der Waals surface area contributed by atoms with Crippen LogP contribution in [0, 0.1) is 11.7 Å². The van der Waals surface area contributed by atoms with Gasteiger partial charge in [0.2, 0.25) is 5.78 Å². The molecule has 2 aromatic carbocycles. The third kappa shape index (κ3) is 3.58. The van der Waals surface area contributed by atoms with Crippen LogP contribution >= 0.6 is 0 Å². The largest absolute Gasteiger partial charge is 0.464 e. The molecule has 0 radical (unpaired) electrons. The lowest BCUT2D eigenvalue weighted by atomic mass is 9.96. The number of carbonyl (C=O) groups is 1. The highest BCUT2D eigenvalue weighted by Crippen LogP contribution is 2.40. The number of ether oxygens (including phenoxy) is 1. The van der Waals surface area contributed by atoms with Crippen LogP contribution in [0.15, 0.2) is 71.6 Å². The first-order valence-electron chi connectivity index (χ1n) is 11.2. The van der Waals surface area contributed by atoms with Gasteiger partial charge in [-0.3, -0.25) is 9.79 Å². The number of ketones is 1. The summed E-state index contributed by atoms with van der Waals surface area (Å²) in [5, 5.41) is 5.26. The summed E-state index contributed by atoms with van der Waals surface area (Å²) in [5.74, 6) is 1.71. The number of nitrogens with zero attached hydrogens (tertiary/aromatic N) is 3. The van der Waals surface area contributed by atoms with E-state index in [-0.39, 0.29) is 17.6 Å². The number of benzene rings is 2. The number of aliphatic imine (C=N–C) groups is 1. The Kier molecular flexibility index (Phi) is 4.91. The predicted molar refractivity (Wildman–Crippen MR) is 125 cm³/mol. The fourth-order valence-electron chi connectivity index (χ4n) is 4.96. The average molecular weight is 442 g/mol. The number of Topliss-reactive ketones (excluding diaryl/α,β-unsaturated/α-hetero) is 1. The number of fused-ring (bicyclic) bond motifs is 4. The number of rotatable bonds is 5. The van der Waals surface area contributed by atoms with Crippen molar-refractivity contribution in [3.63, 3.8) is 0 Å². The minimum atomic E-state index is -0.265. The van der Waals surface area contributed by atoms with E-state index >= 15 is 0 Å². The van der Waals surface area contributed by atoms with Crippen molar-refractivity contribution in [1.82, 2.24) is 10.3 Å². The Morgan fingerprint density at radius 3 is 3.03 bits per heavy atom. The van der Waals surface area contributed by atoms with Crippen LogP contribution in [0.4, 0.5) is 10.2 Å². The van der Waals surface area contributed by atoms with Crippen LogP contribution in [0.5, 0.6) is 5.75 Å². The second kappa shape index (κ2) is 8.08. The Bertz CT molecular complexity index is 1320. The van der Waals surface area contributed by atoms with E-state index in [1.54, 1.807) is 24.6 Å². The van der Waals surface area contributed by atoms with Crippen molar-refractivity contribution in [1.29, 1.82) is 0 Å². The van der Waals surface area contributed by atoms with Gasteiger partial charge in [-0.05, 0) is 42.0 Å². The highest BCUT2D eigenvalue weighted by molar-refractivity contribution is 6.48. The number of anilines is 1. The van der Waals surface area contributed by atoms with E-state index in [0.717, 1.165) is 54.0 Å². The molecular formula is C26H23FN4O2. The minimum absolute atomic E-state index is 0.0444. The van der Waals surface area contributed by atoms with Crippen LogP contribution in [0.3, 0.4) is 0 Å². The summed E-state index contributed by atoms with van der Waals surface area (Å²) in [6, 6.07) is 14.2. The first-order chi connectivity index (χ1) is 16.2. The van der Waals surface area contributed by atoms with Gasteiger partial charge in [-0.25, -0.2) is 9.37 Å². The number of para-hydroxylation sites is 1. The van der Waals surface area contributed by atoms with Crippen LogP contribution in [0.25, 0.3) is 10.8 Å². The molecule has 1 fully saturated rings. The topological polar surface area (TPSA) is 66.8 Å². The van der Waals surface area contributed by atoms with Gasteiger partial charge in [0.05, 0.1) is 11.3 Å². The standard InChI is InChI=1S/C26H23FN4O2/c27-18-6-5-17-7-9-29-26(20(17)11-18)31-10-8-16(14-31)12-28-13-22-25(32)21-15-33-23-4-2-1-3-19(23)24(21)30-22/h1-7,9,11,15-16,24,28H,8,10,12-14H2. The first-order valence-corrected chi connectivity index (χ1v) is 11.2. The van der Waals surface area contributed by atoms with Gasteiger partial charge >= 0.3 is 0 Å². The van der Waals surface area contributed by atoms with E-state index in [2.05, 4.69) is 15.2 Å². The third-order valence-corrected chi connectivity index (χ3v) is 6.65. The molecular weight excluding hydrogens is 419 g/mol. The van der Waals surface area contributed by atoms with Crippen molar-refractivity contribution in [2.45, 2.75) is 12.5 Å². The number of nitrogens with one attached hydrogen (secondary N) is 1. The monoisotopic (exact) mass is 442 g/mol. The van der Waals surface area contributed by atoms with E-state index in [4.69, 9.17) is 9.73 Å². The molecule has 6 nitrogen and oxygen atoms in total. The average Bonchev–Trinajstić information content (AvgIpc) is 3.43. The Hall–Kier alpha value is -3.58. The van der Waals surface area contributed by atoms with Crippen molar-refractivity contribution >= 4 is 28.1 Å². The lowest BCUT2D eigenvalue weighted by Gasteiger charge is -2.19. The van der Waals surface area contributed by atoms with Crippen molar-refractivity contribution in [3.05, 3.63) is 77.9 Å². The molecule has 3 aromatic rings. The summed E-state index contributed by atoms with van der Waals surface area (Å²) in [5.41, 5.74) is 2.09. The first kappa shape index (κ1) is 20.1. The maximum atomic E-state index is 13.8. The highest BCUT2D eigenvalue weighted by Gasteiger charge is 2.37. The van der Waals surface area contributed by atoms with Crippen LogP contribution in [-0.4, -0.2) is 42.7 Å². The van der Waals surface area contributed by atoms with Gasteiger partial charge in [0.15, 0.2) is 0 Å². The summed E-state index contributed by atoms with van der Waals surface area (Å²) in [7, 11) is 0. The number of carbonyl (C=O) groups excluding carboxylic acids is 1. The molecule has 2 unspecified atom stereocenters. The quantitative estimate of drug-likeness (QED) is 0.651. The molecule has 6 rings (SSSR count). The molecule has 2 atom stereocenters. The zero-order chi connectivity index (χ0) is 22.4. The molecule has 166 valence electrons. The van der Waals surface area contributed by atoms with Gasteiger partial charge in [0, 0.05) is 43.3 Å². The Labute approximate surface area is 190 Å². The van der Waals surface area contributed by atoms with Crippen molar-refractivity contribution in [2.24, 2.45) is 10.9 Å². The van der Waals surface area contributed by atoms with Crippen molar-refractivity contribution in [2.75, 3.05) is 31.1 Å². The summed E-state index contributed by atoms with van der Waals surface area (Å²) in [6.45, 7) is 2.92. The van der Waals surface area contributed by atoms with Gasteiger partial charge in [0.1, 0.15) is 29.7 Å². The number of hydrogen-bond acceptors (Lipinski definition) is 6. The SMILES string of the molecule is O=C1C2=COc3ccccc3C2N=C1CNCC1CCN(c2nccc3ccc(F)cc23)C1. The molecule has 0 spiro atoms. The van der Waals surface area contributed by atoms with Gasteiger partial charge in [0.25, 0.3) is 0 Å². The van der Waals surface area contributed by atoms with Gasteiger partial charge in [-0.2, -0.15) is 0 Å². The minimum Gasteiger partial charge on any atom is -0.464 e. The molecule has 1 saturated heterocycles. The van der Waals surface area contributed by atoms with Crippen LogP contribution < -0.4 is 15.0 Å². The smallest absolute Gasteiger partial charge is 0.209 e. The molecule has 3 aliphatic rings. The molecule has 0 amide bonds. The molecule has 7 heteroatoms. The lowest BCUT2D eigenvalue weighted by Crippen LogP contribution is -2.32. The Balaban J connectivity index is 1.10.